The molecule has 0 radical (unpaired) electrons. The maximum atomic E-state index is 4.50. The van der Waals surface area contributed by atoms with Crippen molar-refractivity contribution < 1.29 is 0 Å². The van der Waals surface area contributed by atoms with Crippen molar-refractivity contribution in [3.8, 4) is 0 Å². The van der Waals surface area contributed by atoms with Crippen molar-refractivity contribution >= 4 is 22.1 Å². The Morgan fingerprint density at radius 1 is 1.29 bits per heavy atom. The Hall–Kier alpha value is -0.830. The lowest BCUT2D eigenvalue weighted by molar-refractivity contribution is 0.285. The summed E-state index contributed by atoms with van der Waals surface area (Å²) < 4.78 is 1.11. The van der Waals surface area contributed by atoms with Gasteiger partial charge in [-0.05, 0) is 37.5 Å². The first-order chi connectivity index (χ1) is 8.25. The first-order valence-corrected chi connectivity index (χ1v) is 7.11. The molecule has 17 heavy (non-hydrogen) atoms. The van der Waals surface area contributed by atoms with Gasteiger partial charge in [-0.25, -0.2) is 0 Å². The molecule has 2 rings (SSSR count). The third-order valence-corrected chi connectivity index (χ3v) is 3.27. The molecule has 1 aliphatic heterocycles. The normalized spacial score (nSPS) is 19.3. The molecular weight excluding hydrogens is 276 g/mol. The van der Waals surface area contributed by atoms with Gasteiger partial charge in [-0.1, -0.05) is 41.9 Å². The number of benzene rings is 1. The van der Waals surface area contributed by atoms with Gasteiger partial charge in [-0.15, -0.1) is 0 Å². The second-order valence-electron chi connectivity index (χ2n) is 3.95. The molecule has 1 fully saturated rings. The summed E-state index contributed by atoms with van der Waals surface area (Å²) >= 11 is 3.42. The van der Waals surface area contributed by atoms with E-state index in [1.54, 1.807) is 0 Å². The molecule has 0 N–H and O–H groups in total. The Kier molecular flexibility index (Phi) is 6.27. The van der Waals surface area contributed by atoms with Gasteiger partial charge < -0.3 is 0 Å². The number of nitrogens with zero attached hydrogens (tertiary/aromatic N) is 2. The van der Waals surface area contributed by atoms with E-state index in [4.69, 9.17) is 0 Å². The van der Waals surface area contributed by atoms with Crippen LogP contribution in [0, 0.1) is 0 Å². The molecule has 0 bridgehead atoms. The topological polar surface area (TPSA) is 15.6 Å². The van der Waals surface area contributed by atoms with Gasteiger partial charge in [0.1, 0.15) is 0 Å². The van der Waals surface area contributed by atoms with Crippen LogP contribution in [0.2, 0.25) is 0 Å². The van der Waals surface area contributed by atoms with Crippen molar-refractivity contribution in [1.82, 2.24) is 5.01 Å². The molecule has 1 heterocycles. The predicted molar refractivity (Wildman–Crippen MR) is 78.5 cm³/mol. The summed E-state index contributed by atoms with van der Waals surface area (Å²) in [6, 6.07) is 8.79. The molecule has 0 aromatic heterocycles. The molecule has 1 unspecified atom stereocenters. The van der Waals surface area contributed by atoms with Crippen LogP contribution in [-0.2, 0) is 0 Å². The Bertz CT molecular complexity index is 346. The van der Waals surface area contributed by atoms with Crippen LogP contribution >= 0.6 is 15.9 Å². The van der Waals surface area contributed by atoms with Crippen molar-refractivity contribution in [3.63, 3.8) is 0 Å². The van der Waals surface area contributed by atoms with Gasteiger partial charge in [0.2, 0.25) is 0 Å². The highest BCUT2D eigenvalue weighted by atomic mass is 79.9. The summed E-state index contributed by atoms with van der Waals surface area (Å²) in [5, 5.41) is 6.67. The van der Waals surface area contributed by atoms with Gasteiger partial charge >= 0.3 is 0 Å². The number of halogens is 1. The summed E-state index contributed by atoms with van der Waals surface area (Å²) in [7, 11) is 0. The van der Waals surface area contributed by atoms with Gasteiger partial charge in [-0.3, -0.25) is 5.01 Å². The fourth-order valence-corrected chi connectivity index (χ4v) is 2.04. The largest absolute Gasteiger partial charge is 0.294 e. The predicted octanol–water partition coefficient (Wildman–Crippen LogP) is 4.29. The molecule has 2 nitrogen and oxygen atoms in total. The summed E-state index contributed by atoms with van der Waals surface area (Å²) in [4.78, 5) is 0. The van der Waals surface area contributed by atoms with Crippen LogP contribution < -0.4 is 0 Å². The summed E-state index contributed by atoms with van der Waals surface area (Å²) in [5.41, 5.74) is 1.15. The summed E-state index contributed by atoms with van der Waals surface area (Å²) in [6.45, 7) is 7.32. The fraction of sp³-hybridized carbons (Fsp3) is 0.500. The minimum Gasteiger partial charge on any atom is -0.294 e. The van der Waals surface area contributed by atoms with E-state index in [9.17, 15) is 0 Å². The van der Waals surface area contributed by atoms with E-state index in [1.165, 1.54) is 12.8 Å². The van der Waals surface area contributed by atoms with Crippen molar-refractivity contribution in [2.45, 2.75) is 39.7 Å². The molecule has 0 saturated carbocycles. The maximum Gasteiger partial charge on any atom is 0.0543 e. The minimum absolute atomic E-state index is 0.594. The Labute approximate surface area is 113 Å². The quantitative estimate of drug-likeness (QED) is 0.743. The van der Waals surface area contributed by atoms with Crippen molar-refractivity contribution in [2.75, 3.05) is 6.54 Å². The summed E-state index contributed by atoms with van der Waals surface area (Å²) in [5.74, 6) is 0. The zero-order valence-corrected chi connectivity index (χ0v) is 12.4. The zero-order chi connectivity index (χ0) is 12.7. The van der Waals surface area contributed by atoms with Crippen molar-refractivity contribution in [2.24, 2.45) is 5.10 Å². The highest BCUT2D eigenvalue weighted by molar-refractivity contribution is 9.10. The maximum absolute atomic E-state index is 4.50. The molecule has 1 atom stereocenters. The Balaban J connectivity index is 0.000000686. The lowest BCUT2D eigenvalue weighted by atomic mass is 10.2. The van der Waals surface area contributed by atoms with Crippen LogP contribution in [0.25, 0.3) is 0 Å². The van der Waals surface area contributed by atoms with Gasteiger partial charge in [-0.2, -0.15) is 5.10 Å². The van der Waals surface area contributed by atoms with Gasteiger partial charge in [0, 0.05) is 17.1 Å². The SMILES string of the molecule is CC.CC1CCCN1/N=C/c1ccc(Br)cc1. The smallest absolute Gasteiger partial charge is 0.0543 e. The molecule has 0 amide bonds. The molecule has 1 aromatic rings. The molecule has 94 valence electrons. The fourth-order valence-electron chi connectivity index (χ4n) is 1.78. The number of hydrogen-bond acceptors (Lipinski definition) is 2. The third-order valence-electron chi connectivity index (χ3n) is 2.74. The Morgan fingerprint density at radius 2 is 1.94 bits per heavy atom. The second kappa shape index (κ2) is 7.49. The molecule has 0 spiro atoms. The lowest BCUT2D eigenvalue weighted by Crippen LogP contribution is -2.20. The van der Waals surface area contributed by atoms with Crippen LogP contribution in [0.1, 0.15) is 39.2 Å². The number of hydrazone groups is 1. The van der Waals surface area contributed by atoms with Crippen LogP contribution in [0.3, 0.4) is 0 Å². The van der Waals surface area contributed by atoms with E-state index in [0.717, 1.165) is 16.6 Å². The first kappa shape index (κ1) is 14.2. The van der Waals surface area contributed by atoms with E-state index < -0.39 is 0 Å². The zero-order valence-electron chi connectivity index (χ0n) is 10.9. The van der Waals surface area contributed by atoms with Crippen molar-refractivity contribution in [1.29, 1.82) is 0 Å². The van der Waals surface area contributed by atoms with E-state index in [1.807, 2.05) is 32.2 Å². The molecule has 3 heteroatoms. The van der Waals surface area contributed by atoms with E-state index in [0.29, 0.717) is 6.04 Å². The van der Waals surface area contributed by atoms with Crippen LogP contribution in [0.15, 0.2) is 33.8 Å². The van der Waals surface area contributed by atoms with Gasteiger partial charge in [0.15, 0.2) is 0 Å². The first-order valence-electron chi connectivity index (χ1n) is 6.32. The minimum atomic E-state index is 0.594. The van der Waals surface area contributed by atoms with E-state index >= 15 is 0 Å². The number of hydrogen-bond donors (Lipinski definition) is 0. The standard InChI is InChI=1S/C12H15BrN2.C2H6/c1-10-3-2-8-15(10)14-9-11-4-6-12(13)7-5-11;1-2/h4-7,9-10H,2-3,8H2,1H3;1-2H3/b14-9+;. The lowest BCUT2D eigenvalue weighted by Gasteiger charge is -2.16. The average Bonchev–Trinajstić information content (AvgIpc) is 2.77. The van der Waals surface area contributed by atoms with Crippen molar-refractivity contribution in [3.05, 3.63) is 34.3 Å². The average molecular weight is 297 g/mol. The Morgan fingerprint density at radius 3 is 2.47 bits per heavy atom. The van der Waals surface area contributed by atoms with Gasteiger partial charge in [0.25, 0.3) is 0 Å². The third kappa shape index (κ3) is 4.50. The molecule has 1 aliphatic rings. The highest BCUT2D eigenvalue weighted by Gasteiger charge is 2.17. The molecular formula is C14H21BrN2. The molecule has 1 aromatic carbocycles. The van der Waals surface area contributed by atoms with Gasteiger partial charge in [0.05, 0.1) is 6.21 Å². The monoisotopic (exact) mass is 296 g/mol. The number of rotatable bonds is 2. The molecule has 0 aliphatic carbocycles. The van der Waals surface area contributed by atoms with E-state index in [-0.39, 0.29) is 0 Å². The summed E-state index contributed by atoms with van der Waals surface area (Å²) in [6.07, 6.45) is 4.46. The van der Waals surface area contributed by atoms with Crippen LogP contribution in [-0.4, -0.2) is 23.8 Å². The van der Waals surface area contributed by atoms with Crippen LogP contribution in [0.5, 0.6) is 0 Å². The van der Waals surface area contributed by atoms with E-state index in [2.05, 4.69) is 45.1 Å². The van der Waals surface area contributed by atoms with Crippen LogP contribution in [0.4, 0.5) is 0 Å². The highest BCUT2D eigenvalue weighted by Crippen LogP contribution is 2.16. The molecule has 1 saturated heterocycles. The second-order valence-corrected chi connectivity index (χ2v) is 4.87.